The number of carbonyl (C=O) groups is 2. The second-order valence-electron chi connectivity index (χ2n) is 7.13. The number of nitrogens with one attached hydrogen (secondary N) is 2. The number of rotatable bonds is 7. The summed E-state index contributed by atoms with van der Waals surface area (Å²) in [7, 11) is 0. The van der Waals surface area contributed by atoms with Gasteiger partial charge in [0.05, 0.1) is 18.8 Å². The van der Waals surface area contributed by atoms with Gasteiger partial charge in [0.25, 0.3) is 0 Å². The van der Waals surface area contributed by atoms with Crippen molar-refractivity contribution < 1.29 is 23.8 Å². The number of nitrogens with zero attached hydrogens (tertiary/aromatic N) is 2. The highest BCUT2D eigenvalue weighted by Crippen LogP contribution is 2.24. The summed E-state index contributed by atoms with van der Waals surface area (Å²) in [5.41, 5.74) is 0.916. The SMILES string of the molecule is CC(=O)NC[C@H]1CN(c2ccc(CCC(O)N3CCNCC3)c(F)c2)C(=O)O1. The topological polar surface area (TPSA) is 94.1 Å². The summed E-state index contributed by atoms with van der Waals surface area (Å²) in [5.74, 6) is -0.615. The van der Waals surface area contributed by atoms with Gasteiger partial charge in [-0.3, -0.25) is 14.6 Å². The van der Waals surface area contributed by atoms with Crippen molar-refractivity contribution in [2.75, 3.05) is 44.2 Å². The maximum atomic E-state index is 14.5. The number of aliphatic hydroxyl groups is 1. The van der Waals surface area contributed by atoms with Crippen LogP contribution in [0.1, 0.15) is 18.9 Å². The van der Waals surface area contributed by atoms with E-state index in [4.69, 9.17) is 4.74 Å². The molecule has 2 atom stereocenters. The molecule has 2 amide bonds. The molecule has 1 unspecified atom stereocenters. The lowest BCUT2D eigenvalue weighted by Gasteiger charge is -2.31. The Labute approximate surface area is 163 Å². The van der Waals surface area contributed by atoms with E-state index in [9.17, 15) is 19.1 Å². The highest BCUT2D eigenvalue weighted by molar-refractivity contribution is 5.89. The van der Waals surface area contributed by atoms with Gasteiger partial charge in [0.2, 0.25) is 5.91 Å². The summed E-state index contributed by atoms with van der Waals surface area (Å²) in [6, 6.07) is 4.63. The number of amides is 2. The molecule has 3 N–H and O–H groups in total. The number of halogens is 1. The van der Waals surface area contributed by atoms with Crippen LogP contribution in [0.4, 0.5) is 14.9 Å². The highest BCUT2D eigenvalue weighted by Gasteiger charge is 2.32. The molecule has 3 rings (SSSR count). The van der Waals surface area contributed by atoms with Crippen LogP contribution in [0.2, 0.25) is 0 Å². The minimum Gasteiger partial charge on any atom is -0.442 e. The van der Waals surface area contributed by atoms with Gasteiger partial charge in [-0.05, 0) is 30.5 Å². The maximum absolute atomic E-state index is 14.5. The third-order valence-electron chi connectivity index (χ3n) is 5.05. The fourth-order valence-electron chi connectivity index (χ4n) is 3.45. The van der Waals surface area contributed by atoms with Gasteiger partial charge >= 0.3 is 6.09 Å². The summed E-state index contributed by atoms with van der Waals surface area (Å²) in [6.45, 7) is 5.10. The Kier molecular flexibility index (Phi) is 6.82. The summed E-state index contributed by atoms with van der Waals surface area (Å²) in [5, 5.41) is 16.1. The monoisotopic (exact) mass is 394 g/mol. The van der Waals surface area contributed by atoms with Crippen LogP contribution < -0.4 is 15.5 Å². The third kappa shape index (κ3) is 5.18. The van der Waals surface area contributed by atoms with Crippen molar-refractivity contribution in [2.45, 2.75) is 32.1 Å². The third-order valence-corrected chi connectivity index (χ3v) is 5.05. The first-order valence-corrected chi connectivity index (χ1v) is 9.58. The van der Waals surface area contributed by atoms with Crippen molar-refractivity contribution in [1.82, 2.24) is 15.5 Å². The molecular formula is C19H27FN4O4. The minimum atomic E-state index is -0.593. The zero-order chi connectivity index (χ0) is 20.1. The Hall–Kier alpha value is -2.23. The van der Waals surface area contributed by atoms with E-state index in [1.807, 2.05) is 4.90 Å². The van der Waals surface area contributed by atoms with Gasteiger partial charge in [0.15, 0.2) is 0 Å². The van der Waals surface area contributed by atoms with Gasteiger partial charge in [0.1, 0.15) is 18.1 Å². The molecule has 8 nitrogen and oxygen atoms in total. The Balaban J connectivity index is 1.56. The largest absolute Gasteiger partial charge is 0.442 e. The lowest BCUT2D eigenvalue weighted by molar-refractivity contribution is -0.119. The van der Waals surface area contributed by atoms with Crippen molar-refractivity contribution in [2.24, 2.45) is 0 Å². The number of anilines is 1. The number of benzene rings is 1. The number of carbonyl (C=O) groups excluding carboxylic acids is 2. The minimum absolute atomic E-state index is 0.201. The molecule has 0 aliphatic carbocycles. The number of ether oxygens (including phenoxy) is 1. The number of hydrogen-bond donors (Lipinski definition) is 3. The molecular weight excluding hydrogens is 367 g/mol. The number of aryl methyl sites for hydroxylation is 1. The molecule has 9 heteroatoms. The molecule has 1 aromatic carbocycles. The van der Waals surface area contributed by atoms with E-state index in [1.165, 1.54) is 17.9 Å². The molecule has 2 aliphatic rings. The molecule has 1 aromatic rings. The second-order valence-corrected chi connectivity index (χ2v) is 7.13. The van der Waals surface area contributed by atoms with E-state index >= 15 is 0 Å². The maximum Gasteiger partial charge on any atom is 0.414 e. The standard InChI is InChI=1S/C19H27FN4O4/c1-13(25)22-11-16-12-24(19(27)28-16)15-4-2-14(17(20)10-15)3-5-18(26)23-8-6-21-7-9-23/h2,4,10,16,18,21,26H,3,5-9,11-12H2,1H3,(H,22,25)/t16-,18?/m0/s1. The van der Waals surface area contributed by atoms with Gasteiger partial charge in [-0.25, -0.2) is 9.18 Å². The molecule has 0 radical (unpaired) electrons. The van der Waals surface area contributed by atoms with E-state index in [2.05, 4.69) is 10.6 Å². The predicted octanol–water partition coefficient (Wildman–Crippen LogP) is 0.443. The molecule has 0 spiro atoms. The van der Waals surface area contributed by atoms with Crippen LogP contribution in [-0.4, -0.2) is 73.6 Å². The molecule has 0 bridgehead atoms. The number of piperazine rings is 1. The molecule has 0 aromatic heterocycles. The Morgan fingerprint density at radius 1 is 1.43 bits per heavy atom. The first kappa shape index (κ1) is 20.5. The van der Waals surface area contributed by atoms with Crippen molar-refractivity contribution in [3.8, 4) is 0 Å². The van der Waals surface area contributed by atoms with Crippen LogP contribution in [-0.2, 0) is 16.0 Å². The number of aliphatic hydroxyl groups excluding tert-OH is 1. The fraction of sp³-hybridized carbons (Fsp3) is 0.579. The lowest BCUT2D eigenvalue weighted by Crippen LogP contribution is -2.48. The summed E-state index contributed by atoms with van der Waals surface area (Å²) in [4.78, 5) is 26.4. The van der Waals surface area contributed by atoms with Crippen molar-refractivity contribution >= 4 is 17.7 Å². The van der Waals surface area contributed by atoms with Crippen LogP contribution in [0, 0.1) is 5.82 Å². The molecule has 154 valence electrons. The van der Waals surface area contributed by atoms with E-state index in [0.29, 0.717) is 24.1 Å². The summed E-state index contributed by atoms with van der Waals surface area (Å²) in [6.07, 6.45) is -0.762. The van der Waals surface area contributed by atoms with E-state index in [-0.39, 0.29) is 19.0 Å². The lowest BCUT2D eigenvalue weighted by atomic mass is 10.1. The Morgan fingerprint density at radius 2 is 2.18 bits per heavy atom. The van der Waals surface area contributed by atoms with Gasteiger partial charge in [-0.2, -0.15) is 0 Å². The van der Waals surface area contributed by atoms with E-state index in [0.717, 1.165) is 26.2 Å². The molecule has 2 saturated heterocycles. The van der Waals surface area contributed by atoms with E-state index < -0.39 is 24.2 Å². The first-order valence-electron chi connectivity index (χ1n) is 9.58. The summed E-state index contributed by atoms with van der Waals surface area (Å²) >= 11 is 0. The molecule has 0 saturated carbocycles. The quantitative estimate of drug-likeness (QED) is 0.622. The van der Waals surface area contributed by atoms with Gasteiger partial charge in [-0.15, -0.1) is 0 Å². The molecule has 28 heavy (non-hydrogen) atoms. The van der Waals surface area contributed by atoms with Crippen LogP contribution >= 0.6 is 0 Å². The van der Waals surface area contributed by atoms with Crippen molar-refractivity contribution in [1.29, 1.82) is 0 Å². The van der Waals surface area contributed by atoms with Crippen LogP contribution in [0.5, 0.6) is 0 Å². The van der Waals surface area contributed by atoms with Crippen molar-refractivity contribution in [3.05, 3.63) is 29.6 Å². The van der Waals surface area contributed by atoms with Gasteiger partial charge < -0.3 is 20.5 Å². The molecule has 2 heterocycles. The van der Waals surface area contributed by atoms with Crippen molar-refractivity contribution in [3.63, 3.8) is 0 Å². The zero-order valence-corrected chi connectivity index (χ0v) is 16.0. The highest BCUT2D eigenvalue weighted by atomic mass is 19.1. The van der Waals surface area contributed by atoms with Crippen LogP contribution in [0.3, 0.4) is 0 Å². The van der Waals surface area contributed by atoms with Crippen LogP contribution in [0.25, 0.3) is 0 Å². The number of cyclic esters (lactones) is 1. The average molecular weight is 394 g/mol. The second kappa shape index (κ2) is 9.31. The summed E-state index contributed by atoms with van der Waals surface area (Å²) < 4.78 is 19.7. The van der Waals surface area contributed by atoms with Gasteiger partial charge in [0, 0.05) is 33.1 Å². The first-order chi connectivity index (χ1) is 13.4. The van der Waals surface area contributed by atoms with Crippen LogP contribution in [0.15, 0.2) is 18.2 Å². The number of hydrogen-bond acceptors (Lipinski definition) is 6. The fourth-order valence-corrected chi connectivity index (χ4v) is 3.45. The predicted molar refractivity (Wildman–Crippen MR) is 101 cm³/mol. The molecule has 2 fully saturated rings. The van der Waals surface area contributed by atoms with E-state index in [1.54, 1.807) is 12.1 Å². The van der Waals surface area contributed by atoms with Gasteiger partial charge in [-0.1, -0.05) is 6.07 Å². The zero-order valence-electron chi connectivity index (χ0n) is 16.0. The Morgan fingerprint density at radius 3 is 2.86 bits per heavy atom. The Bertz CT molecular complexity index is 711. The average Bonchev–Trinajstić information content (AvgIpc) is 3.06. The smallest absolute Gasteiger partial charge is 0.414 e. The normalized spacial score (nSPS) is 21.5. The molecule has 2 aliphatic heterocycles.